The third-order valence-corrected chi connectivity index (χ3v) is 3.44. The summed E-state index contributed by atoms with van der Waals surface area (Å²) in [6.07, 6.45) is 1.46. The number of benzene rings is 1. The van der Waals surface area contributed by atoms with Crippen molar-refractivity contribution in [2.75, 3.05) is 0 Å². The Bertz CT molecular complexity index is 625. The highest BCUT2D eigenvalue weighted by Crippen LogP contribution is 2.32. The second kappa shape index (κ2) is 5.83. The molecule has 112 valence electrons. The van der Waals surface area contributed by atoms with Crippen molar-refractivity contribution in [2.24, 2.45) is 5.73 Å². The Morgan fingerprint density at radius 2 is 2.05 bits per heavy atom. The van der Waals surface area contributed by atoms with E-state index in [1.165, 1.54) is 0 Å². The van der Waals surface area contributed by atoms with Gasteiger partial charge in [0.15, 0.2) is 5.82 Å². The van der Waals surface area contributed by atoms with Gasteiger partial charge in [0.2, 0.25) is 5.91 Å². The Hall–Kier alpha value is -1.92. The van der Waals surface area contributed by atoms with Crippen LogP contribution in [-0.2, 0) is 4.79 Å². The van der Waals surface area contributed by atoms with Gasteiger partial charge < -0.3 is 15.6 Å². The number of nitrogens with two attached hydrogens (primary N) is 1. The number of aromatic nitrogens is 2. The predicted molar refractivity (Wildman–Crippen MR) is 79.7 cm³/mol. The van der Waals surface area contributed by atoms with E-state index in [0.29, 0.717) is 11.7 Å². The van der Waals surface area contributed by atoms with Crippen molar-refractivity contribution in [2.45, 2.75) is 31.3 Å². The minimum absolute atomic E-state index is 0. The molecule has 1 unspecified atom stereocenters. The van der Waals surface area contributed by atoms with Gasteiger partial charge in [0.05, 0.1) is 11.6 Å². The number of carbonyl (C=O) groups excluding carboxylic acids is 1. The Kier molecular flexibility index (Phi) is 4.29. The second-order valence-corrected chi connectivity index (χ2v) is 5.18. The molecule has 0 bridgehead atoms. The number of halogens is 1. The fourth-order valence-electron chi connectivity index (χ4n) is 1.88. The Balaban J connectivity index is 0.00000161. The lowest BCUT2D eigenvalue weighted by molar-refractivity contribution is -0.123. The highest BCUT2D eigenvalue weighted by Gasteiger charge is 2.46. The zero-order valence-corrected chi connectivity index (χ0v) is 12.4. The topological polar surface area (TPSA) is 94.0 Å². The van der Waals surface area contributed by atoms with Gasteiger partial charge in [-0.25, -0.2) is 0 Å². The average molecular weight is 309 g/mol. The third-order valence-electron chi connectivity index (χ3n) is 3.44. The maximum absolute atomic E-state index is 11.9. The molecule has 1 fully saturated rings. The molecule has 1 atom stereocenters. The fourth-order valence-corrected chi connectivity index (χ4v) is 1.88. The van der Waals surface area contributed by atoms with Crippen LogP contribution in [0.1, 0.15) is 31.6 Å². The largest absolute Gasteiger partial charge is 0.345 e. The first-order valence-corrected chi connectivity index (χ1v) is 6.57. The molecule has 1 aliphatic rings. The van der Waals surface area contributed by atoms with E-state index in [1.54, 1.807) is 0 Å². The lowest BCUT2D eigenvalue weighted by Crippen LogP contribution is -2.43. The van der Waals surface area contributed by atoms with Crippen LogP contribution in [0, 0.1) is 0 Å². The number of nitrogens with one attached hydrogen (secondary N) is 1. The first-order chi connectivity index (χ1) is 9.58. The van der Waals surface area contributed by atoms with Crippen molar-refractivity contribution in [3.63, 3.8) is 0 Å². The van der Waals surface area contributed by atoms with Gasteiger partial charge >= 0.3 is 0 Å². The van der Waals surface area contributed by atoms with Crippen molar-refractivity contribution < 1.29 is 9.32 Å². The molecule has 0 saturated heterocycles. The molecule has 0 aliphatic heterocycles. The molecular formula is C14H17ClN4O2. The maximum Gasteiger partial charge on any atom is 0.257 e. The summed E-state index contributed by atoms with van der Waals surface area (Å²) in [5.74, 6) is 0.730. The van der Waals surface area contributed by atoms with E-state index in [0.717, 1.165) is 18.4 Å². The Morgan fingerprint density at radius 1 is 1.38 bits per heavy atom. The summed E-state index contributed by atoms with van der Waals surface area (Å²) in [4.78, 5) is 16.2. The summed E-state index contributed by atoms with van der Waals surface area (Å²) >= 11 is 0. The van der Waals surface area contributed by atoms with Crippen molar-refractivity contribution in [1.29, 1.82) is 0 Å². The molecule has 1 aromatic heterocycles. The SMILES string of the molecule is CC(NC(=O)C1(N)CC1)c1noc(-c2ccccc2)n1.Cl. The summed E-state index contributed by atoms with van der Waals surface area (Å²) in [6, 6.07) is 9.16. The van der Waals surface area contributed by atoms with Crippen molar-refractivity contribution in [1.82, 2.24) is 15.5 Å². The summed E-state index contributed by atoms with van der Waals surface area (Å²) in [7, 11) is 0. The van der Waals surface area contributed by atoms with Gasteiger partial charge in [0.25, 0.3) is 5.89 Å². The van der Waals surface area contributed by atoms with E-state index in [2.05, 4.69) is 15.5 Å². The third kappa shape index (κ3) is 3.22. The molecule has 0 radical (unpaired) electrons. The van der Waals surface area contributed by atoms with E-state index >= 15 is 0 Å². The first-order valence-electron chi connectivity index (χ1n) is 6.57. The fraction of sp³-hybridized carbons (Fsp3) is 0.357. The Labute approximate surface area is 128 Å². The highest BCUT2D eigenvalue weighted by molar-refractivity contribution is 5.89. The smallest absolute Gasteiger partial charge is 0.257 e. The second-order valence-electron chi connectivity index (χ2n) is 5.18. The summed E-state index contributed by atoms with van der Waals surface area (Å²) in [6.45, 7) is 1.81. The van der Waals surface area contributed by atoms with E-state index in [4.69, 9.17) is 10.3 Å². The number of hydrogen-bond acceptors (Lipinski definition) is 5. The highest BCUT2D eigenvalue weighted by atomic mass is 35.5. The van der Waals surface area contributed by atoms with Crippen molar-refractivity contribution in [3.8, 4) is 11.5 Å². The molecule has 21 heavy (non-hydrogen) atoms. The monoisotopic (exact) mass is 308 g/mol. The normalized spacial score (nSPS) is 16.7. The summed E-state index contributed by atoms with van der Waals surface area (Å²) < 4.78 is 5.21. The average Bonchev–Trinajstić information content (AvgIpc) is 3.04. The van der Waals surface area contributed by atoms with Gasteiger partial charge in [-0.3, -0.25) is 4.79 Å². The van der Waals surface area contributed by atoms with Crippen LogP contribution in [0.4, 0.5) is 0 Å². The first kappa shape index (κ1) is 15.5. The summed E-state index contributed by atoms with van der Waals surface area (Å²) in [5.41, 5.74) is 5.99. The van der Waals surface area contributed by atoms with Crippen molar-refractivity contribution >= 4 is 18.3 Å². The molecular weight excluding hydrogens is 292 g/mol. The van der Waals surface area contributed by atoms with Crippen LogP contribution in [0.15, 0.2) is 34.9 Å². The molecule has 1 aromatic carbocycles. The molecule has 1 heterocycles. The van der Waals surface area contributed by atoms with Crippen LogP contribution >= 0.6 is 12.4 Å². The van der Waals surface area contributed by atoms with E-state index in [-0.39, 0.29) is 24.4 Å². The van der Waals surface area contributed by atoms with Crippen LogP contribution in [0.5, 0.6) is 0 Å². The molecule has 1 saturated carbocycles. The number of hydrogen-bond donors (Lipinski definition) is 2. The minimum atomic E-state index is -0.694. The lowest BCUT2D eigenvalue weighted by Gasteiger charge is -2.13. The molecule has 3 rings (SSSR count). The van der Waals surface area contributed by atoms with Gasteiger partial charge in [0.1, 0.15) is 0 Å². The van der Waals surface area contributed by atoms with Crippen LogP contribution in [0.2, 0.25) is 0 Å². The lowest BCUT2D eigenvalue weighted by atomic mass is 10.2. The van der Waals surface area contributed by atoms with Gasteiger partial charge in [-0.15, -0.1) is 12.4 Å². The molecule has 1 aliphatic carbocycles. The molecule has 0 spiro atoms. The number of rotatable bonds is 4. The van der Waals surface area contributed by atoms with Gasteiger partial charge in [-0.1, -0.05) is 23.4 Å². The molecule has 6 nitrogen and oxygen atoms in total. The van der Waals surface area contributed by atoms with Crippen molar-refractivity contribution in [3.05, 3.63) is 36.2 Å². The predicted octanol–water partition coefficient (Wildman–Crippen LogP) is 1.83. The molecule has 2 aromatic rings. The van der Waals surface area contributed by atoms with E-state index in [1.807, 2.05) is 37.3 Å². The van der Waals surface area contributed by atoms with E-state index in [9.17, 15) is 4.79 Å². The van der Waals surface area contributed by atoms with Crippen LogP contribution in [0.3, 0.4) is 0 Å². The quantitative estimate of drug-likeness (QED) is 0.898. The number of amides is 1. The standard InChI is InChI=1S/C14H16N4O2.ClH/c1-9(16-13(19)14(15)7-8-14)11-17-12(20-18-11)10-5-3-2-4-6-10;/h2-6,9H,7-8,15H2,1H3,(H,16,19);1H. The van der Waals surface area contributed by atoms with Gasteiger partial charge in [-0.2, -0.15) is 4.98 Å². The van der Waals surface area contributed by atoms with E-state index < -0.39 is 5.54 Å². The Morgan fingerprint density at radius 3 is 2.67 bits per heavy atom. The maximum atomic E-state index is 11.9. The molecule has 7 heteroatoms. The van der Waals surface area contributed by atoms with Crippen LogP contribution in [0.25, 0.3) is 11.5 Å². The number of carbonyl (C=O) groups is 1. The zero-order valence-electron chi connectivity index (χ0n) is 11.6. The van der Waals surface area contributed by atoms with Gasteiger partial charge in [0, 0.05) is 5.56 Å². The van der Waals surface area contributed by atoms with Crippen LogP contribution < -0.4 is 11.1 Å². The molecule has 3 N–H and O–H groups in total. The summed E-state index contributed by atoms with van der Waals surface area (Å²) in [5, 5.41) is 6.72. The van der Waals surface area contributed by atoms with Crippen LogP contribution in [-0.4, -0.2) is 21.6 Å². The number of nitrogens with zero attached hydrogens (tertiary/aromatic N) is 2. The zero-order chi connectivity index (χ0) is 14.2. The molecule has 1 amide bonds. The van der Waals surface area contributed by atoms with Gasteiger partial charge in [-0.05, 0) is 31.9 Å². The minimum Gasteiger partial charge on any atom is -0.345 e.